The molecule has 1 fully saturated rings. The maximum Gasteiger partial charge on any atom is 0.239 e. The summed E-state index contributed by atoms with van der Waals surface area (Å²) in [4.78, 5) is 16.0. The molecule has 1 heterocycles. The molecule has 4 nitrogen and oxygen atoms in total. The molecule has 4 heteroatoms. The SMILES string of the molecule is CC(C)[C@H](N)C(=O)N(C)[C@H]1CCN(C)C1. The van der Waals surface area contributed by atoms with Gasteiger partial charge in [-0.05, 0) is 25.9 Å². The summed E-state index contributed by atoms with van der Waals surface area (Å²) in [6, 6.07) is -0.0202. The van der Waals surface area contributed by atoms with E-state index in [9.17, 15) is 4.79 Å². The number of carbonyl (C=O) groups is 1. The van der Waals surface area contributed by atoms with Crippen LogP contribution in [0.15, 0.2) is 0 Å². The standard InChI is InChI=1S/C11H23N3O/c1-8(2)10(12)11(15)14(4)9-5-6-13(3)7-9/h8-10H,5-7,12H2,1-4H3/t9-,10-/m0/s1. The van der Waals surface area contributed by atoms with Crippen molar-refractivity contribution in [1.82, 2.24) is 9.80 Å². The van der Waals surface area contributed by atoms with E-state index in [1.807, 2.05) is 25.8 Å². The van der Waals surface area contributed by atoms with Crippen molar-refractivity contribution in [2.24, 2.45) is 11.7 Å². The molecule has 1 aliphatic heterocycles. The van der Waals surface area contributed by atoms with Crippen molar-refractivity contribution in [3.8, 4) is 0 Å². The van der Waals surface area contributed by atoms with Crippen molar-refractivity contribution < 1.29 is 4.79 Å². The van der Waals surface area contributed by atoms with Gasteiger partial charge in [0.25, 0.3) is 0 Å². The number of likely N-dealkylation sites (N-methyl/N-ethyl adjacent to an activating group) is 2. The zero-order chi connectivity index (χ0) is 11.6. The van der Waals surface area contributed by atoms with Crippen LogP contribution in [-0.2, 0) is 4.79 Å². The Morgan fingerprint density at radius 3 is 2.53 bits per heavy atom. The first-order chi connectivity index (χ1) is 6.93. The highest BCUT2D eigenvalue weighted by Gasteiger charge is 2.29. The second-order valence-electron chi connectivity index (χ2n) is 4.92. The first-order valence-corrected chi connectivity index (χ1v) is 5.64. The summed E-state index contributed by atoms with van der Waals surface area (Å²) in [5, 5.41) is 0. The minimum Gasteiger partial charge on any atom is -0.340 e. The summed E-state index contributed by atoms with van der Waals surface area (Å²) in [6.07, 6.45) is 1.06. The second kappa shape index (κ2) is 4.94. The van der Waals surface area contributed by atoms with E-state index in [0.29, 0.717) is 6.04 Å². The number of hydrogen-bond acceptors (Lipinski definition) is 3. The molecule has 2 atom stereocenters. The molecule has 0 aromatic heterocycles. The second-order valence-corrected chi connectivity index (χ2v) is 4.92. The number of rotatable bonds is 3. The molecule has 1 aliphatic rings. The van der Waals surface area contributed by atoms with Crippen LogP contribution in [-0.4, -0.2) is 55.0 Å². The molecule has 1 amide bonds. The van der Waals surface area contributed by atoms with Crippen LogP contribution in [0.4, 0.5) is 0 Å². The number of amides is 1. The van der Waals surface area contributed by atoms with E-state index >= 15 is 0 Å². The minimum atomic E-state index is -0.360. The van der Waals surface area contributed by atoms with Gasteiger partial charge in [0.1, 0.15) is 0 Å². The Bertz CT molecular complexity index is 230. The molecular formula is C11H23N3O. The number of likely N-dealkylation sites (tertiary alicyclic amines) is 1. The van der Waals surface area contributed by atoms with Gasteiger partial charge in [-0.2, -0.15) is 0 Å². The first-order valence-electron chi connectivity index (χ1n) is 5.64. The summed E-state index contributed by atoms with van der Waals surface area (Å²) >= 11 is 0. The van der Waals surface area contributed by atoms with Crippen LogP contribution in [0.5, 0.6) is 0 Å². The smallest absolute Gasteiger partial charge is 0.239 e. The number of hydrogen-bond donors (Lipinski definition) is 1. The average Bonchev–Trinajstić information content (AvgIpc) is 2.61. The van der Waals surface area contributed by atoms with Crippen LogP contribution >= 0.6 is 0 Å². The van der Waals surface area contributed by atoms with E-state index in [0.717, 1.165) is 19.5 Å². The van der Waals surface area contributed by atoms with Crippen LogP contribution in [0.3, 0.4) is 0 Å². The van der Waals surface area contributed by atoms with Gasteiger partial charge in [-0.15, -0.1) is 0 Å². The topological polar surface area (TPSA) is 49.6 Å². The van der Waals surface area contributed by atoms with Gasteiger partial charge in [0, 0.05) is 19.6 Å². The molecule has 0 radical (unpaired) electrons. The van der Waals surface area contributed by atoms with Gasteiger partial charge in [-0.1, -0.05) is 13.8 Å². The molecule has 1 rings (SSSR count). The Morgan fingerprint density at radius 1 is 1.53 bits per heavy atom. The van der Waals surface area contributed by atoms with E-state index in [1.165, 1.54) is 0 Å². The Morgan fingerprint density at radius 2 is 2.13 bits per heavy atom. The van der Waals surface area contributed by atoms with Crippen molar-refractivity contribution in [2.45, 2.75) is 32.4 Å². The van der Waals surface area contributed by atoms with Gasteiger partial charge >= 0.3 is 0 Å². The molecule has 0 aliphatic carbocycles. The zero-order valence-corrected chi connectivity index (χ0v) is 10.2. The highest BCUT2D eigenvalue weighted by molar-refractivity contribution is 5.82. The van der Waals surface area contributed by atoms with E-state index in [-0.39, 0.29) is 17.9 Å². The van der Waals surface area contributed by atoms with Crippen LogP contribution in [0.1, 0.15) is 20.3 Å². The monoisotopic (exact) mass is 213 g/mol. The zero-order valence-electron chi connectivity index (χ0n) is 10.2. The lowest BCUT2D eigenvalue weighted by molar-refractivity contribution is -0.134. The third kappa shape index (κ3) is 2.92. The van der Waals surface area contributed by atoms with Crippen LogP contribution in [0.25, 0.3) is 0 Å². The summed E-state index contributed by atoms with van der Waals surface area (Å²) in [7, 11) is 3.95. The summed E-state index contributed by atoms with van der Waals surface area (Å²) in [6.45, 7) is 6.00. The molecule has 88 valence electrons. The van der Waals surface area contributed by atoms with Gasteiger partial charge < -0.3 is 15.5 Å². The quantitative estimate of drug-likeness (QED) is 0.725. The van der Waals surface area contributed by atoms with Gasteiger partial charge in [0.05, 0.1) is 6.04 Å². The summed E-state index contributed by atoms with van der Waals surface area (Å²) in [5.74, 6) is 0.282. The van der Waals surface area contributed by atoms with Gasteiger partial charge in [0.15, 0.2) is 0 Å². The molecule has 0 spiro atoms. The average molecular weight is 213 g/mol. The number of carbonyl (C=O) groups excluding carboxylic acids is 1. The van der Waals surface area contributed by atoms with E-state index in [1.54, 1.807) is 0 Å². The van der Waals surface area contributed by atoms with Crippen molar-refractivity contribution in [2.75, 3.05) is 27.2 Å². The predicted molar refractivity (Wildman–Crippen MR) is 61.5 cm³/mol. The lowest BCUT2D eigenvalue weighted by Gasteiger charge is -2.28. The van der Waals surface area contributed by atoms with Gasteiger partial charge in [-0.3, -0.25) is 4.79 Å². The molecular weight excluding hydrogens is 190 g/mol. The molecule has 0 aromatic carbocycles. The van der Waals surface area contributed by atoms with E-state index < -0.39 is 0 Å². The van der Waals surface area contributed by atoms with Gasteiger partial charge in [-0.25, -0.2) is 0 Å². The molecule has 15 heavy (non-hydrogen) atoms. The normalized spacial score (nSPS) is 24.5. The maximum absolute atomic E-state index is 12.0. The van der Waals surface area contributed by atoms with E-state index in [2.05, 4.69) is 11.9 Å². The largest absolute Gasteiger partial charge is 0.340 e. The predicted octanol–water partition coefficient (Wildman–Crippen LogP) is 0.132. The molecule has 0 bridgehead atoms. The Labute approximate surface area is 92.4 Å². The summed E-state index contributed by atoms with van der Waals surface area (Å²) in [5.41, 5.74) is 5.86. The third-order valence-electron chi connectivity index (χ3n) is 3.27. The van der Waals surface area contributed by atoms with Crippen LogP contribution in [0, 0.1) is 5.92 Å². The molecule has 2 N–H and O–H groups in total. The first kappa shape index (κ1) is 12.5. The maximum atomic E-state index is 12.0. The van der Waals surface area contributed by atoms with Crippen LogP contribution < -0.4 is 5.73 Å². The van der Waals surface area contributed by atoms with Crippen molar-refractivity contribution in [3.63, 3.8) is 0 Å². The van der Waals surface area contributed by atoms with E-state index in [4.69, 9.17) is 5.73 Å². The fourth-order valence-corrected chi connectivity index (χ4v) is 1.93. The summed E-state index contributed by atoms with van der Waals surface area (Å²) < 4.78 is 0. The Balaban J connectivity index is 2.53. The van der Waals surface area contributed by atoms with Crippen molar-refractivity contribution in [1.29, 1.82) is 0 Å². The highest BCUT2D eigenvalue weighted by Crippen LogP contribution is 2.14. The lowest BCUT2D eigenvalue weighted by atomic mass is 10.0. The van der Waals surface area contributed by atoms with Crippen molar-refractivity contribution in [3.05, 3.63) is 0 Å². The third-order valence-corrected chi connectivity index (χ3v) is 3.27. The molecule has 0 unspecified atom stereocenters. The minimum absolute atomic E-state index is 0.0744. The number of nitrogens with zero attached hydrogens (tertiary/aromatic N) is 2. The molecule has 1 saturated heterocycles. The van der Waals surface area contributed by atoms with Gasteiger partial charge in [0.2, 0.25) is 5.91 Å². The number of nitrogens with two attached hydrogens (primary N) is 1. The highest BCUT2D eigenvalue weighted by atomic mass is 16.2. The molecule has 0 saturated carbocycles. The Hall–Kier alpha value is -0.610. The van der Waals surface area contributed by atoms with Crippen molar-refractivity contribution >= 4 is 5.91 Å². The molecule has 0 aromatic rings. The Kier molecular flexibility index (Phi) is 4.11. The fraction of sp³-hybridized carbons (Fsp3) is 0.909. The lowest BCUT2D eigenvalue weighted by Crippen LogP contribution is -2.49. The fourth-order valence-electron chi connectivity index (χ4n) is 1.93. The van der Waals surface area contributed by atoms with Crippen LogP contribution in [0.2, 0.25) is 0 Å².